The third-order valence-corrected chi connectivity index (χ3v) is 5.68. The second-order valence-corrected chi connectivity index (χ2v) is 8.40. The van der Waals surface area contributed by atoms with Crippen LogP contribution in [0.5, 0.6) is 5.75 Å². The number of carbonyl (C=O) groups is 1. The van der Waals surface area contributed by atoms with Crippen molar-refractivity contribution in [2.75, 3.05) is 19.6 Å². The van der Waals surface area contributed by atoms with Gasteiger partial charge in [-0.15, -0.1) is 0 Å². The number of ether oxygens (including phenoxy) is 1. The number of hydrogen-bond acceptors (Lipinski definition) is 3. The van der Waals surface area contributed by atoms with Crippen LogP contribution in [-0.4, -0.2) is 46.1 Å². The Morgan fingerprint density at radius 2 is 1.90 bits per heavy atom. The van der Waals surface area contributed by atoms with E-state index in [2.05, 4.69) is 53.7 Å². The second kappa shape index (κ2) is 8.78. The summed E-state index contributed by atoms with van der Waals surface area (Å²) in [4.78, 5) is 18.4. The predicted octanol–water partition coefficient (Wildman–Crippen LogP) is 4.52. The van der Waals surface area contributed by atoms with Gasteiger partial charge in [0, 0.05) is 56.1 Å². The molecule has 4 rings (SSSR count). The molecule has 0 spiro atoms. The highest BCUT2D eigenvalue weighted by molar-refractivity contribution is 5.74. The predicted molar refractivity (Wildman–Crippen MR) is 119 cm³/mol. The van der Waals surface area contributed by atoms with Gasteiger partial charge < -0.3 is 19.4 Å². The van der Waals surface area contributed by atoms with Gasteiger partial charge in [0.25, 0.3) is 0 Å². The molecule has 3 heterocycles. The number of amides is 2. The van der Waals surface area contributed by atoms with Gasteiger partial charge in [0.1, 0.15) is 17.5 Å². The lowest BCUT2D eigenvalue weighted by Crippen LogP contribution is -2.47. The highest BCUT2D eigenvalue weighted by atomic mass is 16.5. The van der Waals surface area contributed by atoms with Crippen molar-refractivity contribution in [2.24, 2.45) is 5.92 Å². The number of benzene rings is 1. The van der Waals surface area contributed by atoms with Crippen LogP contribution in [0.1, 0.15) is 32.4 Å². The minimum Gasteiger partial charge on any atom is -0.490 e. The third-order valence-electron chi connectivity index (χ3n) is 5.68. The van der Waals surface area contributed by atoms with E-state index in [0.717, 1.165) is 49.4 Å². The molecular formula is C24H30N4O2. The number of nitrogens with zero attached hydrogens (tertiary/aromatic N) is 3. The molecule has 1 N–H and O–H groups in total. The summed E-state index contributed by atoms with van der Waals surface area (Å²) < 4.78 is 8.29. The average Bonchev–Trinajstić information content (AvgIpc) is 3.23. The molecule has 0 radical (unpaired) electrons. The quantitative estimate of drug-likeness (QED) is 0.678. The minimum atomic E-state index is 0.0386. The van der Waals surface area contributed by atoms with Gasteiger partial charge in [-0.05, 0) is 42.7 Å². The van der Waals surface area contributed by atoms with Crippen molar-refractivity contribution in [3.63, 3.8) is 0 Å². The van der Waals surface area contributed by atoms with Crippen molar-refractivity contribution < 1.29 is 9.53 Å². The Morgan fingerprint density at radius 1 is 1.17 bits per heavy atom. The number of aromatic nitrogens is 2. The third kappa shape index (κ3) is 4.42. The van der Waals surface area contributed by atoms with Crippen molar-refractivity contribution >= 4 is 11.7 Å². The first kappa shape index (κ1) is 20.3. The largest absolute Gasteiger partial charge is 0.490 e. The molecule has 1 aromatic carbocycles. The first-order valence-corrected chi connectivity index (χ1v) is 10.7. The highest BCUT2D eigenvalue weighted by Crippen LogP contribution is 2.27. The van der Waals surface area contributed by atoms with Crippen LogP contribution in [0.4, 0.5) is 4.79 Å². The van der Waals surface area contributed by atoms with Gasteiger partial charge in [-0.25, -0.2) is 9.78 Å². The lowest BCUT2D eigenvalue weighted by molar-refractivity contribution is 0.111. The van der Waals surface area contributed by atoms with Crippen LogP contribution < -0.4 is 10.1 Å². The SMILES string of the molecule is Cc1c(-c2ccc(OC3CCN(C(=O)NCC(C)C)CC3)cc2)ccc2nccn12. The van der Waals surface area contributed by atoms with E-state index in [0.29, 0.717) is 5.92 Å². The van der Waals surface area contributed by atoms with Crippen LogP contribution in [0.25, 0.3) is 16.8 Å². The van der Waals surface area contributed by atoms with E-state index in [9.17, 15) is 4.79 Å². The smallest absolute Gasteiger partial charge is 0.317 e. The van der Waals surface area contributed by atoms with E-state index in [1.807, 2.05) is 35.5 Å². The summed E-state index contributed by atoms with van der Waals surface area (Å²) in [5.41, 5.74) is 4.47. The molecule has 0 atom stereocenters. The van der Waals surface area contributed by atoms with E-state index in [4.69, 9.17) is 4.74 Å². The van der Waals surface area contributed by atoms with Crippen LogP contribution in [0, 0.1) is 12.8 Å². The summed E-state index contributed by atoms with van der Waals surface area (Å²) in [6.07, 6.45) is 5.67. The molecular weight excluding hydrogens is 376 g/mol. The van der Waals surface area contributed by atoms with Crippen molar-refractivity contribution in [2.45, 2.75) is 39.7 Å². The maximum atomic E-state index is 12.2. The molecule has 1 fully saturated rings. The number of pyridine rings is 1. The van der Waals surface area contributed by atoms with Crippen LogP contribution >= 0.6 is 0 Å². The number of urea groups is 1. The Hall–Kier alpha value is -3.02. The molecule has 158 valence electrons. The molecule has 30 heavy (non-hydrogen) atoms. The second-order valence-electron chi connectivity index (χ2n) is 8.40. The van der Waals surface area contributed by atoms with Gasteiger partial charge in [-0.3, -0.25) is 0 Å². The zero-order valence-electron chi connectivity index (χ0n) is 18.0. The standard InChI is InChI=1S/C24H30N4O2/c1-17(2)16-26-24(29)27-13-10-21(11-14-27)30-20-6-4-19(5-7-20)22-8-9-23-25-12-15-28(23)18(22)3/h4-9,12,15,17,21H,10-11,13-14,16H2,1-3H3,(H,26,29). The molecule has 3 aromatic rings. The molecule has 2 amide bonds. The fraction of sp³-hybridized carbons (Fsp3) is 0.417. The number of nitrogens with one attached hydrogen (secondary N) is 1. The number of piperidine rings is 1. The Bertz CT molecular complexity index is 1000. The lowest BCUT2D eigenvalue weighted by atomic mass is 10.0. The number of fused-ring (bicyclic) bond motifs is 1. The van der Waals surface area contributed by atoms with Gasteiger partial charge in [0.2, 0.25) is 0 Å². The summed E-state index contributed by atoms with van der Waals surface area (Å²) >= 11 is 0. The molecule has 6 nitrogen and oxygen atoms in total. The number of hydrogen-bond donors (Lipinski definition) is 1. The van der Waals surface area contributed by atoms with E-state index < -0.39 is 0 Å². The van der Waals surface area contributed by atoms with Crippen LogP contribution in [0.2, 0.25) is 0 Å². The number of rotatable bonds is 5. The van der Waals surface area contributed by atoms with Crippen molar-refractivity contribution in [3.8, 4) is 16.9 Å². The zero-order chi connectivity index (χ0) is 21.1. The molecule has 0 bridgehead atoms. The van der Waals surface area contributed by atoms with Gasteiger partial charge in [-0.2, -0.15) is 0 Å². The Morgan fingerprint density at radius 3 is 2.60 bits per heavy atom. The summed E-state index contributed by atoms with van der Waals surface area (Å²) in [6.45, 7) is 8.49. The lowest BCUT2D eigenvalue weighted by Gasteiger charge is -2.32. The zero-order valence-corrected chi connectivity index (χ0v) is 18.0. The van der Waals surface area contributed by atoms with Crippen LogP contribution in [-0.2, 0) is 0 Å². The Kier molecular flexibility index (Phi) is 5.93. The Balaban J connectivity index is 1.34. The van der Waals surface area contributed by atoms with E-state index >= 15 is 0 Å². The topological polar surface area (TPSA) is 58.9 Å². The Labute approximate surface area is 177 Å². The molecule has 0 aliphatic carbocycles. The average molecular weight is 407 g/mol. The molecule has 1 aliphatic rings. The number of likely N-dealkylation sites (tertiary alicyclic amines) is 1. The van der Waals surface area contributed by atoms with Crippen LogP contribution in [0.3, 0.4) is 0 Å². The van der Waals surface area contributed by atoms with Crippen LogP contribution in [0.15, 0.2) is 48.8 Å². The first-order valence-electron chi connectivity index (χ1n) is 10.7. The maximum Gasteiger partial charge on any atom is 0.317 e. The summed E-state index contributed by atoms with van der Waals surface area (Å²) in [5, 5.41) is 2.99. The van der Waals surface area contributed by atoms with Crippen molar-refractivity contribution in [1.29, 1.82) is 0 Å². The number of carbonyl (C=O) groups excluding carboxylic acids is 1. The van der Waals surface area contributed by atoms with Gasteiger partial charge >= 0.3 is 6.03 Å². The van der Waals surface area contributed by atoms with Gasteiger partial charge in [0.05, 0.1) is 0 Å². The normalized spacial score (nSPS) is 15.0. The van der Waals surface area contributed by atoms with E-state index in [1.165, 1.54) is 11.3 Å². The molecule has 1 aliphatic heterocycles. The molecule has 6 heteroatoms. The highest BCUT2D eigenvalue weighted by Gasteiger charge is 2.24. The fourth-order valence-corrected chi connectivity index (χ4v) is 3.92. The van der Waals surface area contributed by atoms with Crippen molar-refractivity contribution in [3.05, 3.63) is 54.5 Å². The molecule has 0 unspecified atom stereocenters. The molecule has 1 saturated heterocycles. The van der Waals surface area contributed by atoms with E-state index in [-0.39, 0.29) is 12.1 Å². The number of imidazole rings is 1. The molecule has 0 saturated carbocycles. The summed E-state index contributed by atoms with van der Waals surface area (Å²) in [7, 11) is 0. The summed E-state index contributed by atoms with van der Waals surface area (Å²) in [5.74, 6) is 1.34. The number of aryl methyl sites for hydroxylation is 1. The van der Waals surface area contributed by atoms with Gasteiger partial charge in [0.15, 0.2) is 0 Å². The summed E-state index contributed by atoms with van der Waals surface area (Å²) in [6, 6.07) is 12.5. The fourth-order valence-electron chi connectivity index (χ4n) is 3.92. The van der Waals surface area contributed by atoms with Crippen molar-refractivity contribution in [1.82, 2.24) is 19.6 Å². The van der Waals surface area contributed by atoms with Gasteiger partial charge in [-0.1, -0.05) is 26.0 Å². The maximum absolute atomic E-state index is 12.2. The first-order chi connectivity index (χ1) is 14.5. The monoisotopic (exact) mass is 406 g/mol. The van der Waals surface area contributed by atoms with E-state index in [1.54, 1.807) is 0 Å². The molecule has 2 aromatic heterocycles. The minimum absolute atomic E-state index is 0.0386.